The lowest BCUT2D eigenvalue weighted by molar-refractivity contribution is 0.415. The zero-order valence-electron chi connectivity index (χ0n) is 11.9. The summed E-state index contributed by atoms with van der Waals surface area (Å²) in [6.07, 6.45) is 0. The normalized spacial score (nSPS) is 12.1. The Morgan fingerprint density at radius 2 is 1.70 bits per heavy atom. The van der Waals surface area contributed by atoms with Gasteiger partial charge in [-0.25, -0.2) is 0 Å². The van der Waals surface area contributed by atoms with Gasteiger partial charge in [0, 0.05) is 29.5 Å². The number of ether oxygens (including phenoxy) is 1. The number of methoxy groups -OCH3 is 1. The first-order valence-corrected chi connectivity index (χ1v) is 6.83. The fourth-order valence-electron chi connectivity index (χ4n) is 2.05. The molecule has 2 N–H and O–H groups in total. The molecule has 0 radical (unpaired) electrons. The summed E-state index contributed by atoms with van der Waals surface area (Å²) in [5, 5.41) is 0.692. The molecule has 106 valence electrons. The van der Waals surface area contributed by atoms with Crippen LogP contribution in [0.15, 0.2) is 42.5 Å². The molecule has 1 atom stereocenters. The second-order valence-corrected chi connectivity index (χ2v) is 5.16. The lowest BCUT2D eigenvalue weighted by Crippen LogP contribution is -2.11. The van der Waals surface area contributed by atoms with Crippen LogP contribution in [-0.4, -0.2) is 14.2 Å². The third kappa shape index (κ3) is 3.06. The molecule has 0 aromatic heterocycles. The molecule has 2 aromatic rings. The van der Waals surface area contributed by atoms with Crippen molar-refractivity contribution in [2.75, 3.05) is 19.1 Å². The van der Waals surface area contributed by atoms with Crippen molar-refractivity contribution >= 4 is 23.0 Å². The van der Waals surface area contributed by atoms with Crippen molar-refractivity contribution in [1.82, 2.24) is 0 Å². The molecule has 1 unspecified atom stereocenters. The molecule has 0 aliphatic rings. The minimum atomic E-state index is -0.0668. The van der Waals surface area contributed by atoms with Gasteiger partial charge in [-0.05, 0) is 48.9 Å². The SMILES string of the molecule is COc1ccc(N(C)c2ccc(C(C)N)c(Cl)c2)cc1. The van der Waals surface area contributed by atoms with Crippen LogP contribution in [0.5, 0.6) is 5.75 Å². The minimum Gasteiger partial charge on any atom is -0.497 e. The van der Waals surface area contributed by atoms with E-state index in [2.05, 4.69) is 4.90 Å². The number of benzene rings is 2. The molecule has 0 fully saturated rings. The van der Waals surface area contributed by atoms with Crippen LogP contribution >= 0.6 is 11.6 Å². The molecule has 4 heteroatoms. The summed E-state index contributed by atoms with van der Waals surface area (Å²) >= 11 is 6.28. The van der Waals surface area contributed by atoms with Crippen molar-refractivity contribution in [3.05, 3.63) is 53.1 Å². The van der Waals surface area contributed by atoms with Crippen molar-refractivity contribution in [3.63, 3.8) is 0 Å². The Labute approximate surface area is 124 Å². The molecule has 0 bridgehead atoms. The number of nitrogens with zero attached hydrogens (tertiary/aromatic N) is 1. The number of hydrogen-bond acceptors (Lipinski definition) is 3. The van der Waals surface area contributed by atoms with Crippen molar-refractivity contribution in [1.29, 1.82) is 0 Å². The second kappa shape index (κ2) is 6.16. The summed E-state index contributed by atoms with van der Waals surface area (Å²) in [4.78, 5) is 2.07. The standard InChI is InChI=1S/C16H19ClN2O/c1-11(18)15-9-6-13(10-16(15)17)19(2)12-4-7-14(20-3)8-5-12/h4-11H,18H2,1-3H3. The summed E-state index contributed by atoms with van der Waals surface area (Å²) < 4.78 is 5.16. The summed E-state index contributed by atoms with van der Waals surface area (Å²) in [6.45, 7) is 1.92. The topological polar surface area (TPSA) is 38.5 Å². The first-order valence-electron chi connectivity index (χ1n) is 6.45. The molecule has 0 spiro atoms. The van der Waals surface area contributed by atoms with Crippen LogP contribution in [0.25, 0.3) is 0 Å². The molecule has 0 saturated heterocycles. The number of halogens is 1. The van der Waals surface area contributed by atoms with E-state index in [-0.39, 0.29) is 6.04 Å². The van der Waals surface area contributed by atoms with Gasteiger partial charge in [-0.3, -0.25) is 0 Å². The van der Waals surface area contributed by atoms with Crippen molar-refractivity contribution in [3.8, 4) is 5.75 Å². The van der Waals surface area contributed by atoms with Crippen LogP contribution < -0.4 is 15.4 Å². The van der Waals surface area contributed by atoms with Crippen molar-refractivity contribution in [2.24, 2.45) is 5.73 Å². The monoisotopic (exact) mass is 290 g/mol. The Morgan fingerprint density at radius 3 is 2.20 bits per heavy atom. The molecule has 0 heterocycles. The van der Waals surface area contributed by atoms with Crippen LogP contribution in [0.4, 0.5) is 11.4 Å². The number of anilines is 2. The predicted octanol–water partition coefficient (Wildman–Crippen LogP) is 4.14. The Balaban J connectivity index is 2.28. The smallest absolute Gasteiger partial charge is 0.119 e. The van der Waals surface area contributed by atoms with Crippen LogP contribution in [0, 0.1) is 0 Å². The van der Waals surface area contributed by atoms with E-state index in [1.807, 2.05) is 56.4 Å². The van der Waals surface area contributed by atoms with Crippen molar-refractivity contribution in [2.45, 2.75) is 13.0 Å². The predicted molar refractivity (Wildman–Crippen MR) is 85.1 cm³/mol. The average molecular weight is 291 g/mol. The third-order valence-electron chi connectivity index (χ3n) is 3.32. The van der Waals surface area contributed by atoms with Gasteiger partial charge in [-0.15, -0.1) is 0 Å². The van der Waals surface area contributed by atoms with E-state index in [9.17, 15) is 0 Å². The maximum absolute atomic E-state index is 6.28. The molecule has 0 amide bonds. The first kappa shape index (κ1) is 14.7. The van der Waals surface area contributed by atoms with E-state index in [0.29, 0.717) is 5.02 Å². The molecule has 2 rings (SSSR count). The minimum absolute atomic E-state index is 0.0668. The largest absolute Gasteiger partial charge is 0.497 e. The average Bonchev–Trinajstić information content (AvgIpc) is 2.46. The maximum atomic E-state index is 6.28. The quantitative estimate of drug-likeness (QED) is 0.920. The molecule has 0 aliphatic heterocycles. The summed E-state index contributed by atoms with van der Waals surface area (Å²) in [6, 6.07) is 13.7. The Kier molecular flexibility index (Phi) is 4.53. The van der Waals surface area contributed by atoms with E-state index in [4.69, 9.17) is 22.1 Å². The number of hydrogen-bond donors (Lipinski definition) is 1. The second-order valence-electron chi connectivity index (χ2n) is 4.75. The lowest BCUT2D eigenvalue weighted by atomic mass is 10.1. The first-order chi connectivity index (χ1) is 9.52. The molecule has 3 nitrogen and oxygen atoms in total. The van der Waals surface area contributed by atoms with Gasteiger partial charge in [-0.1, -0.05) is 17.7 Å². The van der Waals surface area contributed by atoms with Gasteiger partial charge in [0.25, 0.3) is 0 Å². The maximum Gasteiger partial charge on any atom is 0.119 e. The van der Waals surface area contributed by atoms with Crippen LogP contribution in [0.2, 0.25) is 5.02 Å². The number of rotatable bonds is 4. The molecular formula is C16H19ClN2O. The van der Waals surface area contributed by atoms with Gasteiger partial charge in [0.05, 0.1) is 7.11 Å². The Bertz CT molecular complexity index is 582. The van der Waals surface area contributed by atoms with Crippen LogP contribution in [-0.2, 0) is 0 Å². The van der Waals surface area contributed by atoms with E-state index in [0.717, 1.165) is 22.7 Å². The molecule has 20 heavy (non-hydrogen) atoms. The van der Waals surface area contributed by atoms with Gasteiger partial charge < -0.3 is 15.4 Å². The highest BCUT2D eigenvalue weighted by atomic mass is 35.5. The van der Waals surface area contributed by atoms with Gasteiger partial charge in [0.15, 0.2) is 0 Å². The molecule has 0 saturated carbocycles. The summed E-state index contributed by atoms with van der Waals surface area (Å²) in [5.41, 5.74) is 8.91. The highest BCUT2D eigenvalue weighted by Crippen LogP contribution is 2.30. The van der Waals surface area contributed by atoms with Gasteiger partial charge in [0.2, 0.25) is 0 Å². The van der Waals surface area contributed by atoms with E-state index >= 15 is 0 Å². The number of nitrogens with two attached hydrogens (primary N) is 1. The van der Waals surface area contributed by atoms with Crippen LogP contribution in [0.3, 0.4) is 0 Å². The third-order valence-corrected chi connectivity index (χ3v) is 3.65. The summed E-state index contributed by atoms with van der Waals surface area (Å²) in [5.74, 6) is 0.840. The van der Waals surface area contributed by atoms with Gasteiger partial charge in [0.1, 0.15) is 5.75 Å². The lowest BCUT2D eigenvalue weighted by Gasteiger charge is -2.21. The fourth-order valence-corrected chi connectivity index (χ4v) is 2.40. The van der Waals surface area contributed by atoms with E-state index in [1.54, 1.807) is 7.11 Å². The molecule has 2 aromatic carbocycles. The highest BCUT2D eigenvalue weighted by molar-refractivity contribution is 6.31. The Hall–Kier alpha value is -1.71. The zero-order valence-corrected chi connectivity index (χ0v) is 12.7. The van der Waals surface area contributed by atoms with Crippen LogP contribution in [0.1, 0.15) is 18.5 Å². The summed E-state index contributed by atoms with van der Waals surface area (Å²) in [7, 11) is 3.66. The van der Waals surface area contributed by atoms with Gasteiger partial charge in [-0.2, -0.15) is 0 Å². The van der Waals surface area contributed by atoms with E-state index < -0.39 is 0 Å². The molecular weight excluding hydrogens is 272 g/mol. The van der Waals surface area contributed by atoms with Gasteiger partial charge >= 0.3 is 0 Å². The zero-order chi connectivity index (χ0) is 14.7. The van der Waals surface area contributed by atoms with E-state index in [1.165, 1.54) is 0 Å². The van der Waals surface area contributed by atoms with Crippen molar-refractivity contribution < 1.29 is 4.74 Å². The Morgan fingerprint density at radius 1 is 1.10 bits per heavy atom. The molecule has 0 aliphatic carbocycles. The fraction of sp³-hybridized carbons (Fsp3) is 0.250. The highest BCUT2D eigenvalue weighted by Gasteiger charge is 2.09.